The molecule has 2 bridgehead atoms. The predicted octanol–water partition coefficient (Wildman–Crippen LogP) is 4.79. The van der Waals surface area contributed by atoms with E-state index in [9.17, 15) is 0 Å². The normalized spacial score (nSPS) is 17.4. The summed E-state index contributed by atoms with van der Waals surface area (Å²) in [4.78, 5) is 9.24. The standard InChI is InChI=1S/C27H38N6/c1-8-14-29-20(4)19(3)10-11-26-22(6)33(25-13-16-32(26)18-25)23(7)31-27-17-24(12-15-30-27)21(5)28-9-2/h10-12,15,17,25,28-29H,3-5,7-9,13-14,16,18H2,1-2,6H3,(H,30,31)/b11-10-. The first-order valence-electron chi connectivity index (χ1n) is 11.8. The minimum Gasteiger partial charge on any atom is -0.385 e. The van der Waals surface area contributed by atoms with Crippen LogP contribution in [0.1, 0.15) is 39.2 Å². The molecule has 6 heteroatoms. The lowest BCUT2D eigenvalue weighted by atomic mass is 10.1. The number of hydrogen-bond donors (Lipinski definition) is 3. The minimum absolute atomic E-state index is 0.395. The van der Waals surface area contributed by atoms with E-state index in [1.165, 1.54) is 11.4 Å². The van der Waals surface area contributed by atoms with Crippen molar-refractivity contribution >= 4 is 11.5 Å². The van der Waals surface area contributed by atoms with Gasteiger partial charge in [0.2, 0.25) is 0 Å². The maximum absolute atomic E-state index is 4.49. The fourth-order valence-corrected chi connectivity index (χ4v) is 4.33. The maximum atomic E-state index is 4.49. The number of anilines is 1. The van der Waals surface area contributed by atoms with Gasteiger partial charge in [-0.05, 0) is 50.5 Å². The first-order valence-corrected chi connectivity index (χ1v) is 11.8. The molecule has 0 amide bonds. The summed E-state index contributed by atoms with van der Waals surface area (Å²) in [6.45, 7) is 26.8. The first-order chi connectivity index (χ1) is 15.8. The van der Waals surface area contributed by atoms with Gasteiger partial charge in [-0.2, -0.15) is 0 Å². The molecule has 2 aliphatic heterocycles. The first kappa shape index (κ1) is 24.2. The summed E-state index contributed by atoms with van der Waals surface area (Å²) < 4.78 is 0. The molecular formula is C27H38N6. The number of pyridine rings is 1. The van der Waals surface area contributed by atoms with E-state index in [2.05, 4.69) is 83.9 Å². The summed E-state index contributed by atoms with van der Waals surface area (Å²) in [7, 11) is 0. The molecule has 0 spiro atoms. The summed E-state index contributed by atoms with van der Waals surface area (Å²) in [5.74, 6) is 1.59. The second-order valence-electron chi connectivity index (χ2n) is 8.50. The third-order valence-corrected chi connectivity index (χ3v) is 6.08. The van der Waals surface area contributed by atoms with Gasteiger partial charge >= 0.3 is 0 Å². The van der Waals surface area contributed by atoms with Gasteiger partial charge in [0.1, 0.15) is 11.6 Å². The van der Waals surface area contributed by atoms with E-state index in [1.54, 1.807) is 6.20 Å². The van der Waals surface area contributed by atoms with Crippen LogP contribution in [-0.2, 0) is 0 Å². The molecule has 1 unspecified atom stereocenters. The van der Waals surface area contributed by atoms with Gasteiger partial charge in [0.25, 0.3) is 0 Å². The molecule has 3 N–H and O–H groups in total. The zero-order chi connectivity index (χ0) is 24.0. The number of aromatic nitrogens is 1. The minimum atomic E-state index is 0.395. The largest absolute Gasteiger partial charge is 0.385 e. The Morgan fingerprint density at radius 1 is 1.21 bits per heavy atom. The lowest BCUT2D eigenvalue weighted by molar-refractivity contribution is 0.269. The lowest BCUT2D eigenvalue weighted by Crippen LogP contribution is -2.42. The number of hydrogen-bond acceptors (Lipinski definition) is 6. The van der Waals surface area contributed by atoms with Crippen LogP contribution >= 0.6 is 0 Å². The Labute approximate surface area is 199 Å². The highest BCUT2D eigenvalue weighted by atomic mass is 15.4. The van der Waals surface area contributed by atoms with Gasteiger partial charge in [-0.15, -0.1) is 0 Å². The molecule has 1 fully saturated rings. The summed E-state index contributed by atoms with van der Waals surface area (Å²) in [5, 5.41) is 10.00. The Hall–Kier alpha value is -3.41. The van der Waals surface area contributed by atoms with Crippen LogP contribution < -0.4 is 16.0 Å². The summed E-state index contributed by atoms with van der Waals surface area (Å²) in [6.07, 6.45) is 8.14. The van der Waals surface area contributed by atoms with Crippen molar-refractivity contribution in [2.75, 3.05) is 31.5 Å². The zero-order valence-electron chi connectivity index (χ0n) is 20.4. The van der Waals surface area contributed by atoms with Gasteiger partial charge in [-0.1, -0.05) is 39.3 Å². The number of allylic oxidation sites excluding steroid dienone is 3. The van der Waals surface area contributed by atoms with E-state index in [0.29, 0.717) is 6.04 Å². The monoisotopic (exact) mass is 446 g/mol. The van der Waals surface area contributed by atoms with Crippen molar-refractivity contribution in [1.29, 1.82) is 0 Å². The molecule has 0 saturated carbocycles. The van der Waals surface area contributed by atoms with Gasteiger partial charge in [-0.3, -0.25) is 0 Å². The van der Waals surface area contributed by atoms with Crippen molar-refractivity contribution in [1.82, 2.24) is 25.4 Å². The predicted molar refractivity (Wildman–Crippen MR) is 140 cm³/mol. The van der Waals surface area contributed by atoms with Crippen LogP contribution in [-0.4, -0.2) is 47.0 Å². The molecule has 176 valence electrons. The SMILES string of the molecule is C=C(/C=C\C1=C(C)N(C(=C)Nc2cc(C(=C)NCC)ccn2)C2CCN1C2)C(=C)NCCC. The van der Waals surface area contributed by atoms with Crippen LogP contribution in [0.2, 0.25) is 0 Å². The number of rotatable bonds is 12. The van der Waals surface area contributed by atoms with Gasteiger partial charge in [0.15, 0.2) is 0 Å². The third kappa shape index (κ3) is 5.69. The lowest BCUT2D eigenvalue weighted by Gasteiger charge is -2.39. The van der Waals surface area contributed by atoms with Crippen molar-refractivity contribution in [3.63, 3.8) is 0 Å². The Balaban J connectivity index is 1.77. The summed E-state index contributed by atoms with van der Waals surface area (Å²) in [5.41, 5.74) is 6.03. The fourth-order valence-electron chi connectivity index (χ4n) is 4.33. The van der Waals surface area contributed by atoms with Crippen LogP contribution in [0, 0.1) is 0 Å². The molecule has 1 aromatic heterocycles. The van der Waals surface area contributed by atoms with Crippen LogP contribution in [0.4, 0.5) is 5.82 Å². The molecule has 1 aromatic rings. The molecule has 2 aliphatic rings. The molecule has 0 aliphatic carbocycles. The topological polar surface area (TPSA) is 55.5 Å². The van der Waals surface area contributed by atoms with E-state index in [1.807, 2.05) is 18.2 Å². The maximum Gasteiger partial charge on any atom is 0.132 e. The average Bonchev–Trinajstić information content (AvgIpc) is 3.22. The number of nitrogens with one attached hydrogen (secondary N) is 3. The van der Waals surface area contributed by atoms with Crippen LogP contribution in [0.3, 0.4) is 0 Å². The highest BCUT2D eigenvalue weighted by Gasteiger charge is 2.36. The Bertz CT molecular complexity index is 986. The Morgan fingerprint density at radius 3 is 2.73 bits per heavy atom. The van der Waals surface area contributed by atoms with Crippen LogP contribution in [0.5, 0.6) is 0 Å². The van der Waals surface area contributed by atoms with E-state index < -0.39 is 0 Å². The second kappa shape index (κ2) is 10.9. The van der Waals surface area contributed by atoms with Crippen molar-refractivity contribution in [3.05, 3.63) is 90.8 Å². The van der Waals surface area contributed by atoms with Crippen LogP contribution in [0.25, 0.3) is 5.70 Å². The van der Waals surface area contributed by atoms with Gasteiger partial charge in [-0.25, -0.2) is 4.98 Å². The molecule has 1 saturated heterocycles. The molecular weight excluding hydrogens is 408 g/mol. The van der Waals surface area contributed by atoms with E-state index in [0.717, 1.165) is 73.2 Å². The molecule has 1 atom stereocenters. The van der Waals surface area contributed by atoms with Crippen LogP contribution in [0.15, 0.2) is 85.3 Å². The molecule has 3 heterocycles. The van der Waals surface area contributed by atoms with Gasteiger partial charge in [0.05, 0.1) is 11.7 Å². The van der Waals surface area contributed by atoms with Crippen molar-refractivity contribution in [3.8, 4) is 0 Å². The highest BCUT2D eigenvalue weighted by Crippen LogP contribution is 2.34. The third-order valence-electron chi connectivity index (χ3n) is 6.08. The zero-order valence-corrected chi connectivity index (χ0v) is 20.4. The Kier molecular flexibility index (Phi) is 8.04. The second-order valence-corrected chi connectivity index (χ2v) is 8.50. The van der Waals surface area contributed by atoms with Crippen molar-refractivity contribution in [2.24, 2.45) is 0 Å². The number of nitrogens with zero attached hydrogens (tertiary/aromatic N) is 3. The summed E-state index contributed by atoms with van der Waals surface area (Å²) >= 11 is 0. The Morgan fingerprint density at radius 2 is 2.00 bits per heavy atom. The summed E-state index contributed by atoms with van der Waals surface area (Å²) in [6, 6.07) is 4.35. The molecule has 0 aromatic carbocycles. The van der Waals surface area contributed by atoms with E-state index in [-0.39, 0.29) is 0 Å². The number of fused-ring (bicyclic) bond motifs is 2. The molecule has 3 rings (SSSR count). The highest BCUT2D eigenvalue weighted by molar-refractivity contribution is 5.64. The smallest absolute Gasteiger partial charge is 0.132 e. The average molecular weight is 447 g/mol. The molecule has 0 radical (unpaired) electrons. The van der Waals surface area contributed by atoms with Gasteiger partial charge < -0.3 is 25.8 Å². The fraction of sp³-hybridized carbons (Fsp3) is 0.370. The van der Waals surface area contributed by atoms with Crippen molar-refractivity contribution < 1.29 is 0 Å². The van der Waals surface area contributed by atoms with Crippen molar-refractivity contribution in [2.45, 2.75) is 39.7 Å². The van der Waals surface area contributed by atoms with E-state index in [4.69, 9.17) is 0 Å². The van der Waals surface area contributed by atoms with Gasteiger partial charge in [0, 0.05) is 55.0 Å². The van der Waals surface area contributed by atoms with E-state index >= 15 is 0 Å². The quantitative estimate of drug-likeness (QED) is 0.401. The molecule has 33 heavy (non-hydrogen) atoms. The molecule has 6 nitrogen and oxygen atoms in total.